The van der Waals surface area contributed by atoms with E-state index >= 15 is 0 Å². The van der Waals surface area contributed by atoms with Gasteiger partial charge in [0.05, 0.1) is 56.5 Å². The lowest BCUT2D eigenvalue weighted by molar-refractivity contribution is 0.345. The molecule has 0 aliphatic carbocycles. The van der Waals surface area contributed by atoms with E-state index in [0.717, 1.165) is 52.6 Å². The molecule has 10 nitrogen and oxygen atoms in total. The van der Waals surface area contributed by atoms with Gasteiger partial charge in [0, 0.05) is 56.4 Å². The maximum absolute atomic E-state index is 5.45. The molecule has 7 aromatic rings. The Morgan fingerprint density at radius 1 is 0.528 bits per heavy atom. The number of hydrogen-bond acceptors (Lipinski definition) is 10. The Labute approximate surface area is 309 Å². The van der Waals surface area contributed by atoms with Crippen LogP contribution >= 0.6 is 0 Å². The summed E-state index contributed by atoms with van der Waals surface area (Å²) in [5.74, 6) is 2.71. The van der Waals surface area contributed by atoms with Crippen LogP contribution < -0.4 is 24.0 Å². The number of ether oxygens (including phenoxy) is 4. The third-order valence-electron chi connectivity index (χ3n) is 9.63. The lowest BCUT2D eigenvalue weighted by Crippen LogP contribution is -2.29. The Balaban J connectivity index is 0.000000164. The van der Waals surface area contributed by atoms with Gasteiger partial charge >= 0.3 is 0 Å². The summed E-state index contributed by atoms with van der Waals surface area (Å²) in [4.78, 5) is 17.8. The summed E-state index contributed by atoms with van der Waals surface area (Å²) in [6.45, 7) is 0.944. The minimum atomic E-state index is 0.667. The smallest absolute Gasteiger partial charge is 0.162 e. The van der Waals surface area contributed by atoms with E-state index in [-0.39, 0.29) is 0 Å². The van der Waals surface area contributed by atoms with Crippen molar-refractivity contribution in [2.24, 2.45) is 0 Å². The molecular weight excluding hydrogens is 665 g/mol. The molecule has 3 heterocycles. The molecule has 0 radical (unpaired) electrons. The van der Waals surface area contributed by atoms with Gasteiger partial charge < -0.3 is 24.0 Å². The van der Waals surface area contributed by atoms with Crippen molar-refractivity contribution in [3.8, 4) is 34.1 Å². The predicted octanol–water partition coefficient (Wildman–Crippen LogP) is 7.94. The molecule has 0 saturated heterocycles. The first-order valence-corrected chi connectivity index (χ1v) is 17.3. The number of hydrogen-bond donors (Lipinski definition) is 0. The molecule has 0 unspecified atom stereocenters. The second kappa shape index (κ2) is 15.5. The molecule has 0 amide bonds. The molecule has 0 bridgehead atoms. The highest BCUT2D eigenvalue weighted by atomic mass is 16.5. The van der Waals surface area contributed by atoms with Gasteiger partial charge in [0.2, 0.25) is 0 Å². The van der Waals surface area contributed by atoms with Crippen LogP contribution in [0, 0.1) is 0 Å². The predicted molar refractivity (Wildman–Crippen MR) is 209 cm³/mol. The summed E-state index contributed by atoms with van der Waals surface area (Å²) >= 11 is 0. The van der Waals surface area contributed by atoms with Crippen LogP contribution in [-0.4, -0.2) is 67.5 Å². The summed E-state index contributed by atoms with van der Waals surface area (Å²) in [6.07, 6.45) is 4.66. The molecule has 1 aliphatic rings. The monoisotopic (exact) mass is 706 g/mol. The van der Waals surface area contributed by atoms with Crippen molar-refractivity contribution in [1.82, 2.24) is 24.9 Å². The van der Waals surface area contributed by atoms with Gasteiger partial charge in [-0.05, 0) is 46.0 Å². The van der Waals surface area contributed by atoms with Crippen LogP contribution in [0.3, 0.4) is 0 Å². The lowest BCUT2D eigenvalue weighted by Gasteiger charge is -2.21. The van der Waals surface area contributed by atoms with Gasteiger partial charge in [-0.1, -0.05) is 66.7 Å². The second-order valence-corrected chi connectivity index (χ2v) is 12.8. The third-order valence-corrected chi connectivity index (χ3v) is 9.63. The first-order valence-electron chi connectivity index (χ1n) is 17.3. The Morgan fingerprint density at radius 2 is 1.06 bits per heavy atom. The first kappa shape index (κ1) is 35.2. The normalized spacial score (nSPS) is 12.3. The van der Waals surface area contributed by atoms with E-state index in [4.69, 9.17) is 18.9 Å². The van der Waals surface area contributed by atoms with E-state index < -0.39 is 0 Å². The number of fused-ring (bicyclic) bond motifs is 3. The standard InChI is InChI=1S/C23H20N2O2.C20H22N4O2/c1-26-22-13-19-20(24-15-25-21(19)14-23(22)27-2)12-16-7-6-10-18(11-16)17-8-4-3-5-9-17;1-23-11-14-6-5-13(8-18(14)24(23)2)7-16-15-9-19(25-3)20(26-4)10-17(15)22-12-21-16/h3-11,13-15H,12H2,1-2H3;5-6,8-10,12H,7,11H2,1-4H3. The van der Waals surface area contributed by atoms with Gasteiger partial charge in [-0.2, -0.15) is 0 Å². The van der Waals surface area contributed by atoms with Crippen LogP contribution in [0.15, 0.2) is 110 Å². The number of nitrogens with zero attached hydrogens (tertiary/aromatic N) is 6. The number of rotatable bonds is 9. The Kier molecular flexibility index (Phi) is 10.3. The molecule has 0 fully saturated rings. The molecular formula is C43H42N6O4. The summed E-state index contributed by atoms with van der Waals surface area (Å²) in [7, 11) is 10.7. The fourth-order valence-corrected chi connectivity index (χ4v) is 6.72. The van der Waals surface area contributed by atoms with Crippen LogP contribution in [-0.2, 0) is 19.4 Å². The highest BCUT2D eigenvalue weighted by Gasteiger charge is 2.21. The molecule has 268 valence electrons. The van der Waals surface area contributed by atoms with Crippen LogP contribution in [0.5, 0.6) is 23.0 Å². The highest BCUT2D eigenvalue weighted by molar-refractivity contribution is 5.86. The van der Waals surface area contributed by atoms with Gasteiger partial charge in [0.25, 0.3) is 0 Å². The number of aromatic nitrogens is 4. The summed E-state index contributed by atoms with van der Waals surface area (Å²) < 4.78 is 21.7. The molecule has 0 saturated carbocycles. The largest absolute Gasteiger partial charge is 0.493 e. The lowest BCUT2D eigenvalue weighted by atomic mass is 9.99. The summed E-state index contributed by atoms with van der Waals surface area (Å²) in [6, 6.07) is 33.3. The minimum Gasteiger partial charge on any atom is -0.493 e. The van der Waals surface area contributed by atoms with E-state index in [9.17, 15) is 0 Å². The van der Waals surface area contributed by atoms with Gasteiger partial charge in [-0.15, -0.1) is 0 Å². The first-order chi connectivity index (χ1) is 25.9. The SMILES string of the molecule is COc1cc2ncnc(Cc3ccc4c(c3)N(C)N(C)C4)c2cc1OC.COc1cc2ncnc(Cc3cccc(-c4ccccc4)c3)c2cc1OC. The molecule has 0 atom stereocenters. The van der Waals surface area contributed by atoms with Crippen molar-refractivity contribution in [1.29, 1.82) is 0 Å². The molecule has 10 heteroatoms. The second-order valence-electron chi connectivity index (χ2n) is 12.8. The zero-order chi connectivity index (χ0) is 36.9. The van der Waals surface area contributed by atoms with Gasteiger partial charge in [-0.3, -0.25) is 0 Å². The third kappa shape index (κ3) is 7.40. The van der Waals surface area contributed by atoms with Gasteiger partial charge in [0.1, 0.15) is 12.7 Å². The fourth-order valence-electron chi connectivity index (χ4n) is 6.72. The Bertz CT molecular complexity index is 2390. The topological polar surface area (TPSA) is 95.0 Å². The van der Waals surface area contributed by atoms with Crippen molar-refractivity contribution < 1.29 is 18.9 Å². The average molecular weight is 707 g/mol. The van der Waals surface area contributed by atoms with Crippen LogP contribution in [0.25, 0.3) is 32.9 Å². The number of hydrazine groups is 1. The van der Waals surface area contributed by atoms with E-state index in [1.165, 1.54) is 33.5 Å². The summed E-state index contributed by atoms with van der Waals surface area (Å²) in [5, 5.41) is 6.34. The Hall–Kier alpha value is -6.26. The van der Waals surface area contributed by atoms with E-state index in [2.05, 4.69) is 111 Å². The molecule has 5 aromatic carbocycles. The zero-order valence-corrected chi connectivity index (χ0v) is 30.8. The maximum Gasteiger partial charge on any atom is 0.162 e. The molecule has 53 heavy (non-hydrogen) atoms. The van der Waals surface area contributed by atoms with Crippen molar-refractivity contribution >= 4 is 27.5 Å². The van der Waals surface area contributed by atoms with Crippen molar-refractivity contribution in [2.75, 3.05) is 47.5 Å². The zero-order valence-electron chi connectivity index (χ0n) is 30.8. The fraction of sp³-hybridized carbons (Fsp3) is 0.209. The molecule has 8 rings (SSSR count). The molecule has 0 spiro atoms. The number of anilines is 1. The van der Waals surface area contributed by atoms with E-state index in [1.807, 2.05) is 30.3 Å². The van der Waals surface area contributed by atoms with Crippen molar-refractivity contribution in [3.63, 3.8) is 0 Å². The minimum absolute atomic E-state index is 0.667. The molecule has 0 N–H and O–H groups in total. The van der Waals surface area contributed by atoms with Gasteiger partial charge in [0.15, 0.2) is 23.0 Å². The van der Waals surface area contributed by atoms with Crippen LogP contribution in [0.2, 0.25) is 0 Å². The van der Waals surface area contributed by atoms with Crippen LogP contribution in [0.1, 0.15) is 28.1 Å². The molecule has 2 aromatic heterocycles. The summed E-state index contributed by atoms with van der Waals surface area (Å²) in [5.41, 5.74) is 11.1. The Morgan fingerprint density at radius 3 is 1.62 bits per heavy atom. The quantitative estimate of drug-likeness (QED) is 0.147. The van der Waals surface area contributed by atoms with Crippen molar-refractivity contribution in [2.45, 2.75) is 19.4 Å². The van der Waals surface area contributed by atoms with Crippen molar-refractivity contribution in [3.05, 3.63) is 138 Å². The highest BCUT2D eigenvalue weighted by Crippen LogP contribution is 2.35. The molecule has 1 aliphatic heterocycles. The maximum atomic E-state index is 5.45. The van der Waals surface area contributed by atoms with E-state index in [1.54, 1.807) is 41.1 Å². The number of methoxy groups -OCH3 is 4. The number of benzene rings is 5. The van der Waals surface area contributed by atoms with Crippen LogP contribution in [0.4, 0.5) is 5.69 Å². The average Bonchev–Trinajstić information content (AvgIpc) is 3.49. The van der Waals surface area contributed by atoms with Gasteiger partial charge in [-0.25, -0.2) is 24.9 Å². The van der Waals surface area contributed by atoms with E-state index in [0.29, 0.717) is 23.0 Å².